The highest BCUT2D eigenvalue weighted by atomic mass is 35.5. The number of hydrogen-bond donors (Lipinski definition) is 1. The van der Waals surface area contributed by atoms with Crippen molar-refractivity contribution < 1.29 is 14.6 Å². The summed E-state index contributed by atoms with van der Waals surface area (Å²) in [5.74, 6) is 0.884. The number of likely N-dealkylation sites (tertiary alicyclic amines) is 1. The van der Waals surface area contributed by atoms with E-state index in [9.17, 15) is 9.90 Å². The van der Waals surface area contributed by atoms with E-state index in [1.54, 1.807) is 13.2 Å². The number of hydrogen-bond acceptors (Lipinski definition) is 3. The van der Waals surface area contributed by atoms with Crippen molar-refractivity contribution in [2.45, 2.75) is 31.8 Å². The molecule has 0 bridgehead atoms. The van der Waals surface area contributed by atoms with Crippen LogP contribution < -0.4 is 4.74 Å². The summed E-state index contributed by atoms with van der Waals surface area (Å²) in [4.78, 5) is 13.7. The first-order valence-electron chi connectivity index (χ1n) is 7.39. The molecule has 114 valence electrons. The van der Waals surface area contributed by atoms with Crippen molar-refractivity contribution in [2.75, 3.05) is 13.7 Å². The zero-order valence-electron chi connectivity index (χ0n) is 12.1. The number of rotatable bonds is 4. The van der Waals surface area contributed by atoms with Gasteiger partial charge in [-0.25, -0.2) is 0 Å². The lowest BCUT2D eigenvalue weighted by Crippen LogP contribution is -2.39. The Kier molecular flexibility index (Phi) is 4.09. The average molecular weight is 310 g/mol. The van der Waals surface area contributed by atoms with Crippen LogP contribution in [0.5, 0.6) is 5.75 Å². The quantitative estimate of drug-likeness (QED) is 0.929. The number of methoxy groups -OCH3 is 1. The molecule has 1 heterocycles. The van der Waals surface area contributed by atoms with Gasteiger partial charge in [0.2, 0.25) is 0 Å². The standard InChI is InChI=1S/C16H20ClNO3/c1-21-14-6-5-12(17)7-11(14)9-18-8-10-3-2-4-13(10)15(18)16(19)20/h5-7,10,13,15H,2-4,8-9H2,1H3,(H,19,20). The summed E-state index contributed by atoms with van der Waals surface area (Å²) in [7, 11) is 1.63. The Hall–Kier alpha value is -1.26. The summed E-state index contributed by atoms with van der Waals surface area (Å²) in [5.41, 5.74) is 0.955. The lowest BCUT2D eigenvalue weighted by atomic mass is 9.94. The molecule has 1 saturated carbocycles. The van der Waals surface area contributed by atoms with Crippen molar-refractivity contribution in [2.24, 2.45) is 11.8 Å². The predicted molar refractivity (Wildman–Crippen MR) is 80.7 cm³/mol. The van der Waals surface area contributed by atoms with Crippen LogP contribution in [0.15, 0.2) is 18.2 Å². The second kappa shape index (κ2) is 5.85. The molecule has 1 saturated heterocycles. The van der Waals surface area contributed by atoms with Crippen LogP contribution in [0.3, 0.4) is 0 Å². The van der Waals surface area contributed by atoms with Crippen molar-refractivity contribution in [1.82, 2.24) is 4.90 Å². The minimum atomic E-state index is -0.703. The minimum Gasteiger partial charge on any atom is -0.496 e. The van der Waals surface area contributed by atoms with Gasteiger partial charge in [-0.1, -0.05) is 18.0 Å². The molecule has 5 heteroatoms. The fourth-order valence-electron chi connectivity index (χ4n) is 3.99. The second-order valence-electron chi connectivity index (χ2n) is 6.02. The summed E-state index contributed by atoms with van der Waals surface area (Å²) < 4.78 is 5.37. The molecule has 3 rings (SSSR count). The third kappa shape index (κ3) is 2.74. The first kappa shape index (κ1) is 14.7. The molecule has 1 aromatic rings. The third-order valence-corrected chi connectivity index (χ3v) is 5.09. The van der Waals surface area contributed by atoms with E-state index in [2.05, 4.69) is 4.90 Å². The number of carboxylic acid groups (broad SMARTS) is 1. The number of carbonyl (C=O) groups is 1. The summed E-state index contributed by atoms with van der Waals surface area (Å²) in [6.07, 6.45) is 3.34. The van der Waals surface area contributed by atoms with Crippen LogP contribution in [0.4, 0.5) is 0 Å². The van der Waals surface area contributed by atoms with E-state index in [4.69, 9.17) is 16.3 Å². The summed E-state index contributed by atoms with van der Waals surface area (Å²) in [6, 6.07) is 5.12. The molecule has 1 aliphatic heterocycles. The fraction of sp³-hybridized carbons (Fsp3) is 0.562. The van der Waals surface area contributed by atoms with Gasteiger partial charge in [-0.15, -0.1) is 0 Å². The van der Waals surface area contributed by atoms with Gasteiger partial charge in [-0.05, 0) is 42.9 Å². The number of ether oxygens (including phenoxy) is 1. The van der Waals surface area contributed by atoms with E-state index >= 15 is 0 Å². The summed E-state index contributed by atoms with van der Waals surface area (Å²) >= 11 is 6.06. The van der Waals surface area contributed by atoms with Crippen LogP contribution in [0, 0.1) is 11.8 Å². The molecule has 1 N–H and O–H groups in total. The molecule has 2 aliphatic rings. The normalized spacial score (nSPS) is 28.6. The Balaban J connectivity index is 1.84. The zero-order valence-corrected chi connectivity index (χ0v) is 12.8. The van der Waals surface area contributed by atoms with Gasteiger partial charge in [0, 0.05) is 23.7 Å². The van der Waals surface area contributed by atoms with Crippen molar-refractivity contribution in [1.29, 1.82) is 0 Å². The highest BCUT2D eigenvalue weighted by Gasteiger charge is 2.47. The van der Waals surface area contributed by atoms with Gasteiger partial charge < -0.3 is 9.84 Å². The number of fused-ring (bicyclic) bond motifs is 1. The van der Waals surface area contributed by atoms with E-state index in [1.165, 1.54) is 0 Å². The summed E-state index contributed by atoms with van der Waals surface area (Å²) in [6.45, 7) is 1.44. The number of halogens is 1. The Labute approximate surface area is 129 Å². The number of carboxylic acids is 1. The van der Waals surface area contributed by atoms with Gasteiger partial charge >= 0.3 is 5.97 Å². The van der Waals surface area contributed by atoms with Crippen molar-refractivity contribution >= 4 is 17.6 Å². The van der Waals surface area contributed by atoms with Crippen LogP contribution in [0.25, 0.3) is 0 Å². The Morgan fingerprint density at radius 2 is 2.29 bits per heavy atom. The molecule has 4 nitrogen and oxygen atoms in total. The first-order chi connectivity index (χ1) is 10.1. The van der Waals surface area contributed by atoms with E-state index < -0.39 is 5.97 Å². The largest absolute Gasteiger partial charge is 0.496 e. The predicted octanol–water partition coefficient (Wildman–Crippen LogP) is 3.03. The number of nitrogens with zero attached hydrogens (tertiary/aromatic N) is 1. The van der Waals surface area contributed by atoms with E-state index in [0.717, 1.165) is 37.1 Å². The molecular formula is C16H20ClNO3. The van der Waals surface area contributed by atoms with Crippen LogP contribution >= 0.6 is 11.6 Å². The van der Waals surface area contributed by atoms with Crippen LogP contribution in [-0.2, 0) is 11.3 Å². The number of aliphatic carboxylic acids is 1. The van der Waals surface area contributed by atoms with Gasteiger partial charge in [0.1, 0.15) is 11.8 Å². The molecule has 0 amide bonds. The van der Waals surface area contributed by atoms with Gasteiger partial charge in [0.05, 0.1) is 7.11 Å². The monoisotopic (exact) mass is 309 g/mol. The van der Waals surface area contributed by atoms with Crippen molar-refractivity contribution in [3.05, 3.63) is 28.8 Å². The Morgan fingerprint density at radius 1 is 1.48 bits per heavy atom. The maximum absolute atomic E-state index is 11.7. The van der Waals surface area contributed by atoms with Crippen LogP contribution in [-0.4, -0.2) is 35.7 Å². The molecular weight excluding hydrogens is 290 g/mol. The maximum atomic E-state index is 11.7. The molecule has 3 atom stereocenters. The van der Waals surface area contributed by atoms with Gasteiger partial charge in [-0.3, -0.25) is 9.69 Å². The molecule has 0 aromatic heterocycles. The Morgan fingerprint density at radius 3 is 3.00 bits per heavy atom. The van der Waals surface area contributed by atoms with Crippen molar-refractivity contribution in [3.8, 4) is 5.75 Å². The van der Waals surface area contributed by atoms with E-state index in [1.807, 2.05) is 12.1 Å². The maximum Gasteiger partial charge on any atom is 0.321 e. The van der Waals surface area contributed by atoms with Gasteiger partial charge in [0.15, 0.2) is 0 Å². The molecule has 21 heavy (non-hydrogen) atoms. The molecule has 0 spiro atoms. The second-order valence-corrected chi connectivity index (χ2v) is 6.46. The van der Waals surface area contributed by atoms with Crippen molar-refractivity contribution in [3.63, 3.8) is 0 Å². The molecule has 0 radical (unpaired) electrons. The molecule has 1 aromatic carbocycles. The van der Waals surface area contributed by atoms with E-state index in [-0.39, 0.29) is 6.04 Å². The van der Waals surface area contributed by atoms with Crippen LogP contribution in [0.2, 0.25) is 5.02 Å². The fourth-order valence-corrected chi connectivity index (χ4v) is 4.18. The SMILES string of the molecule is COc1ccc(Cl)cc1CN1CC2CCCC2C1C(=O)O. The topological polar surface area (TPSA) is 49.8 Å². The van der Waals surface area contributed by atoms with Gasteiger partial charge in [0.25, 0.3) is 0 Å². The highest BCUT2D eigenvalue weighted by molar-refractivity contribution is 6.30. The minimum absolute atomic E-state index is 0.299. The van der Waals surface area contributed by atoms with Gasteiger partial charge in [-0.2, -0.15) is 0 Å². The third-order valence-electron chi connectivity index (χ3n) is 4.85. The zero-order chi connectivity index (χ0) is 15.0. The molecule has 3 unspecified atom stereocenters. The molecule has 1 aliphatic carbocycles. The first-order valence-corrected chi connectivity index (χ1v) is 7.77. The Bertz CT molecular complexity index is 548. The molecule has 2 fully saturated rings. The number of benzene rings is 1. The lowest BCUT2D eigenvalue weighted by molar-refractivity contribution is -0.143. The summed E-state index contributed by atoms with van der Waals surface area (Å²) in [5, 5.41) is 10.2. The lowest BCUT2D eigenvalue weighted by Gasteiger charge is -2.25. The highest BCUT2D eigenvalue weighted by Crippen LogP contribution is 2.43. The van der Waals surface area contributed by atoms with Crippen LogP contribution in [0.1, 0.15) is 24.8 Å². The van der Waals surface area contributed by atoms with E-state index in [0.29, 0.717) is 23.4 Å². The smallest absolute Gasteiger partial charge is 0.321 e. The average Bonchev–Trinajstić information content (AvgIpc) is 2.98.